The topological polar surface area (TPSA) is 66.6 Å². The van der Waals surface area contributed by atoms with Gasteiger partial charge in [-0.25, -0.2) is 12.7 Å². The van der Waals surface area contributed by atoms with Crippen LogP contribution in [0, 0.1) is 0 Å². The van der Waals surface area contributed by atoms with Gasteiger partial charge < -0.3 is 10.6 Å². The SMILES string of the molecule is CN(C)S(=O)(=O)c1ccc(N2CC[C@H](N)C2)cc1.Cl.Cl. The Morgan fingerprint density at radius 1 is 1.20 bits per heavy atom. The summed E-state index contributed by atoms with van der Waals surface area (Å²) in [6.07, 6.45) is 0.984. The molecule has 0 radical (unpaired) electrons. The molecule has 2 rings (SSSR count). The van der Waals surface area contributed by atoms with E-state index in [9.17, 15) is 8.42 Å². The zero-order chi connectivity index (χ0) is 13.3. The molecule has 0 aliphatic carbocycles. The van der Waals surface area contributed by atoms with Crippen LogP contribution in [0.2, 0.25) is 0 Å². The number of sulfonamides is 1. The highest BCUT2D eigenvalue weighted by Gasteiger charge is 2.21. The molecule has 0 saturated carbocycles. The van der Waals surface area contributed by atoms with Crippen molar-refractivity contribution < 1.29 is 8.42 Å². The summed E-state index contributed by atoms with van der Waals surface area (Å²) in [5.41, 5.74) is 6.89. The van der Waals surface area contributed by atoms with Crippen LogP contribution in [0.1, 0.15) is 6.42 Å². The normalized spacial score (nSPS) is 18.6. The lowest BCUT2D eigenvalue weighted by molar-refractivity contribution is 0.521. The van der Waals surface area contributed by atoms with Crippen LogP contribution in [0.3, 0.4) is 0 Å². The molecule has 1 aliphatic heterocycles. The molecule has 1 saturated heterocycles. The first-order valence-corrected chi connectivity index (χ1v) is 7.38. The third kappa shape index (κ3) is 3.99. The van der Waals surface area contributed by atoms with Crippen molar-refractivity contribution in [2.75, 3.05) is 32.1 Å². The second-order valence-electron chi connectivity index (χ2n) is 4.78. The van der Waals surface area contributed by atoms with Crippen molar-refractivity contribution in [1.29, 1.82) is 0 Å². The molecule has 1 atom stereocenters. The number of nitrogens with two attached hydrogens (primary N) is 1. The predicted octanol–water partition coefficient (Wildman–Crippen LogP) is 1.32. The largest absolute Gasteiger partial charge is 0.370 e. The Kier molecular flexibility index (Phi) is 7.27. The van der Waals surface area contributed by atoms with Gasteiger partial charge in [0.1, 0.15) is 0 Å². The molecule has 0 aromatic heterocycles. The summed E-state index contributed by atoms with van der Waals surface area (Å²) in [4.78, 5) is 2.50. The lowest BCUT2D eigenvalue weighted by Gasteiger charge is -2.19. The van der Waals surface area contributed by atoms with E-state index >= 15 is 0 Å². The summed E-state index contributed by atoms with van der Waals surface area (Å²) in [6, 6.07) is 7.20. The number of nitrogens with zero attached hydrogens (tertiary/aromatic N) is 2. The van der Waals surface area contributed by atoms with Gasteiger partial charge in [-0.15, -0.1) is 24.8 Å². The minimum atomic E-state index is -3.34. The molecular weight excluding hydrogens is 321 g/mol. The van der Waals surface area contributed by atoms with Crippen molar-refractivity contribution in [1.82, 2.24) is 4.31 Å². The molecule has 1 fully saturated rings. The van der Waals surface area contributed by atoms with Gasteiger partial charge in [0.2, 0.25) is 10.0 Å². The second-order valence-corrected chi connectivity index (χ2v) is 6.93. The minimum Gasteiger partial charge on any atom is -0.370 e. The van der Waals surface area contributed by atoms with E-state index in [-0.39, 0.29) is 30.9 Å². The van der Waals surface area contributed by atoms with Crippen LogP contribution in [0.25, 0.3) is 0 Å². The first-order valence-electron chi connectivity index (χ1n) is 5.94. The van der Waals surface area contributed by atoms with E-state index < -0.39 is 10.0 Å². The maximum absolute atomic E-state index is 11.9. The molecule has 8 heteroatoms. The van der Waals surface area contributed by atoms with Gasteiger partial charge in [0.15, 0.2) is 0 Å². The Balaban J connectivity index is 0.00000180. The van der Waals surface area contributed by atoms with E-state index in [0.29, 0.717) is 4.90 Å². The van der Waals surface area contributed by atoms with Crippen molar-refractivity contribution in [3.8, 4) is 0 Å². The quantitative estimate of drug-likeness (QED) is 0.900. The van der Waals surface area contributed by atoms with Gasteiger partial charge >= 0.3 is 0 Å². The first-order chi connectivity index (χ1) is 8.41. The highest BCUT2D eigenvalue weighted by molar-refractivity contribution is 7.89. The molecule has 0 unspecified atom stereocenters. The van der Waals surface area contributed by atoms with Crippen molar-refractivity contribution in [3.05, 3.63) is 24.3 Å². The lowest BCUT2D eigenvalue weighted by atomic mass is 10.3. The molecule has 0 bridgehead atoms. The Hall–Kier alpha value is -0.530. The van der Waals surface area contributed by atoms with E-state index in [2.05, 4.69) is 4.90 Å². The molecule has 0 spiro atoms. The standard InChI is InChI=1S/C12H19N3O2S.2ClH/c1-14(2)18(16,17)12-5-3-11(4-6-12)15-8-7-10(13)9-15;;/h3-6,10H,7-9,13H2,1-2H3;2*1H/t10-;;/m0../s1. The molecule has 5 nitrogen and oxygen atoms in total. The van der Waals surface area contributed by atoms with Crippen molar-refractivity contribution in [2.45, 2.75) is 17.4 Å². The molecule has 1 aliphatic rings. The average Bonchev–Trinajstić information content (AvgIpc) is 2.76. The summed E-state index contributed by atoms with van der Waals surface area (Å²) in [5.74, 6) is 0. The Bertz CT molecular complexity index is 520. The average molecular weight is 342 g/mol. The Morgan fingerprint density at radius 2 is 1.75 bits per heavy atom. The summed E-state index contributed by atoms with van der Waals surface area (Å²) >= 11 is 0. The van der Waals surface area contributed by atoms with Crippen molar-refractivity contribution >= 4 is 40.5 Å². The van der Waals surface area contributed by atoms with E-state index in [4.69, 9.17) is 5.73 Å². The molecule has 0 amide bonds. The molecule has 1 heterocycles. The van der Waals surface area contributed by atoms with Crippen LogP contribution < -0.4 is 10.6 Å². The number of hydrogen-bond donors (Lipinski definition) is 1. The molecule has 1 aromatic rings. The van der Waals surface area contributed by atoms with Crippen LogP contribution in [-0.4, -0.2) is 45.9 Å². The Labute approximate surface area is 133 Å². The maximum Gasteiger partial charge on any atom is 0.242 e. The zero-order valence-electron chi connectivity index (χ0n) is 11.5. The molecule has 20 heavy (non-hydrogen) atoms. The lowest BCUT2D eigenvalue weighted by Crippen LogP contribution is -2.26. The smallest absolute Gasteiger partial charge is 0.242 e. The fourth-order valence-electron chi connectivity index (χ4n) is 2.06. The van der Waals surface area contributed by atoms with E-state index in [1.165, 1.54) is 18.4 Å². The number of hydrogen-bond acceptors (Lipinski definition) is 4. The van der Waals surface area contributed by atoms with E-state index in [1.54, 1.807) is 12.1 Å². The summed E-state index contributed by atoms with van der Waals surface area (Å²) in [5, 5.41) is 0. The van der Waals surface area contributed by atoms with Crippen molar-refractivity contribution in [2.24, 2.45) is 5.73 Å². The highest BCUT2D eigenvalue weighted by Crippen LogP contribution is 2.22. The highest BCUT2D eigenvalue weighted by atomic mass is 35.5. The van der Waals surface area contributed by atoms with E-state index in [0.717, 1.165) is 25.2 Å². The maximum atomic E-state index is 11.9. The summed E-state index contributed by atoms with van der Waals surface area (Å²) in [6.45, 7) is 1.76. The number of rotatable bonds is 3. The molecule has 2 N–H and O–H groups in total. The van der Waals surface area contributed by atoms with Gasteiger partial charge in [0.05, 0.1) is 4.90 Å². The van der Waals surface area contributed by atoms with Gasteiger partial charge in [0, 0.05) is 38.9 Å². The molecule has 1 aromatic carbocycles. The predicted molar refractivity (Wildman–Crippen MR) is 86.6 cm³/mol. The van der Waals surface area contributed by atoms with E-state index in [1.807, 2.05) is 12.1 Å². The fourth-order valence-corrected chi connectivity index (χ4v) is 2.96. The van der Waals surface area contributed by atoms with Crippen LogP contribution >= 0.6 is 24.8 Å². The van der Waals surface area contributed by atoms with Gasteiger partial charge in [-0.05, 0) is 30.7 Å². The second kappa shape index (κ2) is 7.47. The first kappa shape index (κ1) is 19.5. The molecule has 116 valence electrons. The number of halogens is 2. The van der Waals surface area contributed by atoms with Gasteiger partial charge in [0.25, 0.3) is 0 Å². The van der Waals surface area contributed by atoms with Gasteiger partial charge in [-0.3, -0.25) is 0 Å². The fraction of sp³-hybridized carbons (Fsp3) is 0.500. The van der Waals surface area contributed by atoms with Crippen LogP contribution in [0.4, 0.5) is 5.69 Å². The number of anilines is 1. The third-order valence-corrected chi connectivity index (χ3v) is 5.03. The van der Waals surface area contributed by atoms with Gasteiger partial charge in [-0.2, -0.15) is 0 Å². The van der Waals surface area contributed by atoms with Crippen LogP contribution in [-0.2, 0) is 10.0 Å². The third-order valence-electron chi connectivity index (χ3n) is 3.21. The zero-order valence-corrected chi connectivity index (χ0v) is 14.0. The minimum absolute atomic E-state index is 0. The Morgan fingerprint density at radius 3 is 2.15 bits per heavy atom. The monoisotopic (exact) mass is 341 g/mol. The van der Waals surface area contributed by atoms with Crippen LogP contribution in [0.5, 0.6) is 0 Å². The van der Waals surface area contributed by atoms with Gasteiger partial charge in [-0.1, -0.05) is 0 Å². The van der Waals surface area contributed by atoms with Crippen LogP contribution in [0.15, 0.2) is 29.2 Å². The molecular formula is C12H21Cl2N3O2S. The summed E-state index contributed by atoms with van der Waals surface area (Å²) < 4.78 is 25.0. The van der Waals surface area contributed by atoms with Crippen molar-refractivity contribution in [3.63, 3.8) is 0 Å². The number of benzene rings is 1. The summed E-state index contributed by atoms with van der Waals surface area (Å²) in [7, 11) is -0.277.